The molecule has 2 amide bonds. The standard InChI is InChI=1S/C16H31N3O2/c1-5-7-8-9-17-14(20)16(3,4)15(21)19-12-10-18(6-2)11-13-19/h5-13H2,1-4H3,(H,17,20). The van der Waals surface area contributed by atoms with Gasteiger partial charge in [0.25, 0.3) is 0 Å². The van der Waals surface area contributed by atoms with Gasteiger partial charge >= 0.3 is 0 Å². The van der Waals surface area contributed by atoms with Crippen molar-refractivity contribution in [1.29, 1.82) is 0 Å². The maximum Gasteiger partial charge on any atom is 0.237 e. The van der Waals surface area contributed by atoms with Crippen LogP contribution in [0.15, 0.2) is 0 Å². The number of rotatable bonds is 7. The number of hydrogen-bond donors (Lipinski definition) is 1. The van der Waals surface area contributed by atoms with E-state index >= 15 is 0 Å². The molecule has 0 aromatic rings. The lowest BCUT2D eigenvalue weighted by Gasteiger charge is -2.37. The van der Waals surface area contributed by atoms with Crippen LogP contribution >= 0.6 is 0 Å². The minimum absolute atomic E-state index is 0.0498. The summed E-state index contributed by atoms with van der Waals surface area (Å²) in [4.78, 5) is 29.0. The minimum Gasteiger partial charge on any atom is -0.355 e. The van der Waals surface area contributed by atoms with E-state index in [-0.39, 0.29) is 11.8 Å². The summed E-state index contributed by atoms with van der Waals surface area (Å²) in [5.74, 6) is -0.201. The van der Waals surface area contributed by atoms with Crippen LogP contribution in [0.25, 0.3) is 0 Å². The zero-order chi connectivity index (χ0) is 15.9. The number of likely N-dealkylation sites (N-methyl/N-ethyl adjacent to an activating group) is 1. The second-order valence-electron chi connectivity index (χ2n) is 6.31. The SMILES string of the molecule is CCCCCNC(=O)C(C)(C)C(=O)N1CCN(CC)CC1. The summed E-state index contributed by atoms with van der Waals surface area (Å²) in [5.41, 5.74) is -0.972. The molecule has 0 aromatic heterocycles. The van der Waals surface area contributed by atoms with Crippen LogP contribution < -0.4 is 5.32 Å². The van der Waals surface area contributed by atoms with Crippen LogP contribution in [-0.2, 0) is 9.59 Å². The van der Waals surface area contributed by atoms with Crippen LogP contribution in [-0.4, -0.2) is 60.9 Å². The van der Waals surface area contributed by atoms with E-state index in [9.17, 15) is 9.59 Å². The molecule has 0 spiro atoms. The molecule has 1 N–H and O–H groups in total. The number of piperazine rings is 1. The predicted octanol–water partition coefficient (Wildman–Crippen LogP) is 1.48. The number of amides is 2. The topological polar surface area (TPSA) is 52.7 Å². The lowest BCUT2D eigenvalue weighted by atomic mass is 9.90. The molecule has 0 atom stereocenters. The van der Waals surface area contributed by atoms with Gasteiger partial charge in [-0.25, -0.2) is 0 Å². The van der Waals surface area contributed by atoms with E-state index in [0.717, 1.165) is 52.0 Å². The molecule has 1 saturated heterocycles. The van der Waals surface area contributed by atoms with Gasteiger partial charge in [-0.15, -0.1) is 0 Å². The lowest BCUT2D eigenvalue weighted by Crippen LogP contribution is -2.55. The van der Waals surface area contributed by atoms with Crippen molar-refractivity contribution in [1.82, 2.24) is 15.1 Å². The highest BCUT2D eigenvalue weighted by atomic mass is 16.2. The van der Waals surface area contributed by atoms with Gasteiger partial charge in [0.2, 0.25) is 11.8 Å². The van der Waals surface area contributed by atoms with E-state index in [1.165, 1.54) is 0 Å². The van der Waals surface area contributed by atoms with Gasteiger partial charge in [0.05, 0.1) is 0 Å². The van der Waals surface area contributed by atoms with Gasteiger partial charge < -0.3 is 15.1 Å². The Kier molecular flexibility index (Phi) is 7.15. The smallest absolute Gasteiger partial charge is 0.237 e. The van der Waals surface area contributed by atoms with E-state index in [0.29, 0.717) is 6.54 Å². The van der Waals surface area contributed by atoms with Crippen LogP contribution in [0.1, 0.15) is 47.0 Å². The highest BCUT2D eigenvalue weighted by Crippen LogP contribution is 2.20. The molecule has 0 bridgehead atoms. The van der Waals surface area contributed by atoms with Crippen molar-refractivity contribution in [3.05, 3.63) is 0 Å². The first-order chi connectivity index (χ1) is 9.93. The Balaban J connectivity index is 2.48. The monoisotopic (exact) mass is 297 g/mol. The predicted molar refractivity (Wildman–Crippen MR) is 85.0 cm³/mol. The minimum atomic E-state index is -0.972. The molecule has 5 heteroatoms. The molecule has 0 saturated carbocycles. The fourth-order valence-corrected chi connectivity index (χ4v) is 2.56. The van der Waals surface area contributed by atoms with Crippen molar-refractivity contribution >= 4 is 11.8 Å². The van der Waals surface area contributed by atoms with Crippen LogP contribution in [0.3, 0.4) is 0 Å². The fraction of sp³-hybridized carbons (Fsp3) is 0.875. The molecule has 1 heterocycles. The van der Waals surface area contributed by atoms with Gasteiger partial charge in [-0.2, -0.15) is 0 Å². The highest BCUT2D eigenvalue weighted by molar-refractivity contribution is 6.04. The van der Waals surface area contributed by atoms with Gasteiger partial charge in [-0.1, -0.05) is 26.7 Å². The average molecular weight is 297 g/mol. The summed E-state index contributed by atoms with van der Waals surface area (Å²) in [6.07, 6.45) is 3.20. The Morgan fingerprint density at radius 3 is 2.19 bits per heavy atom. The summed E-state index contributed by atoms with van der Waals surface area (Å²) in [7, 11) is 0. The number of carbonyl (C=O) groups is 2. The Morgan fingerprint density at radius 2 is 1.67 bits per heavy atom. The van der Waals surface area contributed by atoms with Crippen LogP contribution in [0, 0.1) is 5.41 Å². The third kappa shape index (κ3) is 4.99. The Morgan fingerprint density at radius 1 is 1.05 bits per heavy atom. The molecule has 21 heavy (non-hydrogen) atoms. The largest absolute Gasteiger partial charge is 0.355 e. The van der Waals surface area contributed by atoms with Crippen molar-refractivity contribution < 1.29 is 9.59 Å². The number of carbonyl (C=O) groups excluding carboxylic acids is 2. The van der Waals surface area contributed by atoms with Gasteiger partial charge in [-0.05, 0) is 26.8 Å². The van der Waals surface area contributed by atoms with E-state index < -0.39 is 5.41 Å². The molecule has 1 fully saturated rings. The van der Waals surface area contributed by atoms with Crippen molar-refractivity contribution in [3.8, 4) is 0 Å². The summed E-state index contributed by atoms with van der Waals surface area (Å²) in [6, 6.07) is 0. The van der Waals surface area contributed by atoms with Gasteiger partial charge in [0, 0.05) is 32.7 Å². The van der Waals surface area contributed by atoms with Crippen molar-refractivity contribution in [2.24, 2.45) is 5.41 Å². The molecule has 122 valence electrons. The van der Waals surface area contributed by atoms with Crippen LogP contribution in [0.4, 0.5) is 0 Å². The molecule has 1 rings (SSSR count). The molecule has 1 aliphatic heterocycles. The normalized spacial score (nSPS) is 16.9. The van der Waals surface area contributed by atoms with Gasteiger partial charge in [0.1, 0.15) is 5.41 Å². The molecule has 0 unspecified atom stereocenters. The third-order valence-corrected chi connectivity index (χ3v) is 4.27. The number of nitrogens with one attached hydrogen (secondary N) is 1. The highest BCUT2D eigenvalue weighted by Gasteiger charge is 2.39. The van der Waals surface area contributed by atoms with E-state index in [4.69, 9.17) is 0 Å². The lowest BCUT2D eigenvalue weighted by molar-refractivity contribution is -0.149. The number of nitrogens with zero attached hydrogens (tertiary/aromatic N) is 2. The van der Waals surface area contributed by atoms with Crippen molar-refractivity contribution in [2.75, 3.05) is 39.3 Å². The molecule has 1 aliphatic rings. The zero-order valence-electron chi connectivity index (χ0n) is 14.1. The van der Waals surface area contributed by atoms with E-state index in [2.05, 4.69) is 24.1 Å². The second kappa shape index (κ2) is 8.37. The first-order valence-electron chi connectivity index (χ1n) is 8.23. The molecule has 5 nitrogen and oxygen atoms in total. The van der Waals surface area contributed by atoms with Gasteiger partial charge in [0.15, 0.2) is 0 Å². The summed E-state index contributed by atoms with van der Waals surface area (Å²) >= 11 is 0. The third-order valence-electron chi connectivity index (χ3n) is 4.27. The van der Waals surface area contributed by atoms with Crippen molar-refractivity contribution in [2.45, 2.75) is 47.0 Å². The van der Waals surface area contributed by atoms with E-state index in [1.54, 1.807) is 13.8 Å². The molecular formula is C16H31N3O2. The second-order valence-corrected chi connectivity index (χ2v) is 6.31. The maximum atomic E-state index is 12.6. The number of hydrogen-bond acceptors (Lipinski definition) is 3. The maximum absolute atomic E-state index is 12.6. The fourth-order valence-electron chi connectivity index (χ4n) is 2.56. The first-order valence-corrected chi connectivity index (χ1v) is 8.23. The summed E-state index contributed by atoms with van der Waals surface area (Å²) in [5, 5.41) is 2.90. The number of unbranched alkanes of at least 4 members (excludes halogenated alkanes) is 2. The summed E-state index contributed by atoms with van der Waals surface area (Å²) in [6.45, 7) is 12.6. The van der Waals surface area contributed by atoms with Crippen LogP contribution in [0.5, 0.6) is 0 Å². The summed E-state index contributed by atoms with van der Waals surface area (Å²) < 4.78 is 0. The Hall–Kier alpha value is -1.10. The molecule has 0 aliphatic carbocycles. The van der Waals surface area contributed by atoms with Crippen LogP contribution in [0.2, 0.25) is 0 Å². The Bertz CT molecular complexity index is 347. The van der Waals surface area contributed by atoms with E-state index in [1.807, 2.05) is 4.90 Å². The Labute approximate surface area is 129 Å². The first kappa shape index (κ1) is 18.0. The van der Waals surface area contributed by atoms with Crippen molar-refractivity contribution in [3.63, 3.8) is 0 Å². The quantitative estimate of drug-likeness (QED) is 0.572. The molecule has 0 radical (unpaired) electrons. The van der Waals surface area contributed by atoms with Gasteiger partial charge in [-0.3, -0.25) is 9.59 Å². The molecule has 0 aromatic carbocycles. The molecular weight excluding hydrogens is 266 g/mol. The zero-order valence-corrected chi connectivity index (χ0v) is 14.1. The average Bonchev–Trinajstić information content (AvgIpc) is 2.50.